The van der Waals surface area contributed by atoms with Crippen LogP contribution in [0.1, 0.15) is 30.9 Å². The van der Waals surface area contributed by atoms with Gasteiger partial charge >= 0.3 is 5.97 Å². The smallest absolute Gasteiger partial charge is 0.328 e. The van der Waals surface area contributed by atoms with Gasteiger partial charge in [-0.15, -0.1) is 0 Å². The van der Waals surface area contributed by atoms with Crippen molar-refractivity contribution in [3.8, 4) is 0 Å². The molecular weight excluding hydrogens is 180 g/mol. The van der Waals surface area contributed by atoms with Crippen LogP contribution in [0.25, 0.3) is 0 Å². The van der Waals surface area contributed by atoms with Crippen LogP contribution in [0.2, 0.25) is 0 Å². The Morgan fingerprint density at radius 2 is 2.50 bits per heavy atom. The molecule has 3 nitrogen and oxygen atoms in total. The second-order valence-corrected chi connectivity index (χ2v) is 3.60. The first-order valence-corrected chi connectivity index (χ1v) is 4.71. The van der Waals surface area contributed by atoms with Crippen LogP contribution in [0.5, 0.6) is 0 Å². The Morgan fingerprint density at radius 3 is 3.14 bits per heavy atom. The van der Waals surface area contributed by atoms with Crippen LogP contribution in [0.3, 0.4) is 0 Å². The molecule has 0 amide bonds. The lowest BCUT2D eigenvalue weighted by Crippen LogP contribution is -1.91. The van der Waals surface area contributed by atoms with Gasteiger partial charge in [-0.05, 0) is 31.4 Å². The van der Waals surface area contributed by atoms with Crippen LogP contribution >= 0.6 is 0 Å². The zero-order valence-electron chi connectivity index (χ0n) is 7.77. The number of rotatable bonds is 2. The van der Waals surface area contributed by atoms with E-state index in [1.807, 2.05) is 12.1 Å². The van der Waals surface area contributed by atoms with E-state index in [4.69, 9.17) is 9.52 Å². The molecule has 1 saturated carbocycles. The van der Waals surface area contributed by atoms with Gasteiger partial charge in [-0.1, -0.05) is 5.57 Å². The van der Waals surface area contributed by atoms with E-state index in [9.17, 15) is 4.79 Å². The fourth-order valence-corrected chi connectivity index (χ4v) is 1.95. The number of furan rings is 1. The van der Waals surface area contributed by atoms with Gasteiger partial charge in [0, 0.05) is 12.0 Å². The van der Waals surface area contributed by atoms with Crippen molar-refractivity contribution in [1.82, 2.24) is 0 Å². The first-order valence-electron chi connectivity index (χ1n) is 4.71. The lowest BCUT2D eigenvalue weighted by Gasteiger charge is -2.02. The summed E-state index contributed by atoms with van der Waals surface area (Å²) in [5, 5.41) is 8.59. The summed E-state index contributed by atoms with van der Waals surface area (Å²) < 4.78 is 5.30. The SMILES string of the molecule is O=C(O)/C=C1/CCC(c2ccco2)C1. The molecule has 0 bridgehead atoms. The predicted molar refractivity (Wildman–Crippen MR) is 51.0 cm³/mol. The highest BCUT2D eigenvalue weighted by Gasteiger charge is 2.23. The minimum absolute atomic E-state index is 0.371. The third-order valence-electron chi connectivity index (χ3n) is 2.60. The van der Waals surface area contributed by atoms with E-state index < -0.39 is 5.97 Å². The summed E-state index contributed by atoms with van der Waals surface area (Å²) in [5.74, 6) is 0.495. The van der Waals surface area contributed by atoms with Crippen molar-refractivity contribution in [2.24, 2.45) is 0 Å². The summed E-state index contributed by atoms with van der Waals surface area (Å²) >= 11 is 0. The van der Waals surface area contributed by atoms with Gasteiger partial charge in [-0.2, -0.15) is 0 Å². The molecule has 1 aliphatic carbocycles. The molecule has 1 aromatic heterocycles. The maximum Gasteiger partial charge on any atom is 0.328 e. The molecule has 1 atom stereocenters. The molecule has 0 aliphatic heterocycles. The second-order valence-electron chi connectivity index (χ2n) is 3.60. The van der Waals surface area contributed by atoms with E-state index in [2.05, 4.69) is 0 Å². The van der Waals surface area contributed by atoms with E-state index in [0.29, 0.717) is 5.92 Å². The van der Waals surface area contributed by atoms with Crippen molar-refractivity contribution in [3.05, 3.63) is 35.8 Å². The molecule has 0 spiro atoms. The van der Waals surface area contributed by atoms with E-state index in [1.165, 1.54) is 6.08 Å². The van der Waals surface area contributed by atoms with Crippen LogP contribution in [0, 0.1) is 0 Å². The Bertz CT molecular complexity index is 349. The quantitative estimate of drug-likeness (QED) is 0.732. The molecule has 14 heavy (non-hydrogen) atoms. The average Bonchev–Trinajstić information content (AvgIpc) is 2.69. The summed E-state index contributed by atoms with van der Waals surface area (Å²) in [6.45, 7) is 0. The monoisotopic (exact) mass is 192 g/mol. The molecule has 0 saturated heterocycles. The van der Waals surface area contributed by atoms with E-state index in [-0.39, 0.29) is 0 Å². The van der Waals surface area contributed by atoms with Crippen molar-refractivity contribution in [3.63, 3.8) is 0 Å². The number of hydrogen-bond acceptors (Lipinski definition) is 2. The van der Waals surface area contributed by atoms with Crippen molar-refractivity contribution in [2.75, 3.05) is 0 Å². The molecule has 74 valence electrons. The van der Waals surface area contributed by atoms with Gasteiger partial charge in [-0.3, -0.25) is 0 Å². The number of allylic oxidation sites excluding steroid dienone is 1. The third kappa shape index (κ3) is 1.87. The highest BCUT2D eigenvalue weighted by atomic mass is 16.4. The Labute approximate surface area is 82.0 Å². The maximum absolute atomic E-state index is 10.4. The lowest BCUT2D eigenvalue weighted by atomic mass is 10.1. The highest BCUT2D eigenvalue weighted by Crippen LogP contribution is 2.37. The highest BCUT2D eigenvalue weighted by molar-refractivity contribution is 5.80. The lowest BCUT2D eigenvalue weighted by molar-refractivity contribution is -0.131. The van der Waals surface area contributed by atoms with E-state index in [0.717, 1.165) is 30.6 Å². The van der Waals surface area contributed by atoms with Crippen LogP contribution in [0.15, 0.2) is 34.5 Å². The van der Waals surface area contributed by atoms with Gasteiger partial charge in [0.15, 0.2) is 0 Å². The molecule has 1 N–H and O–H groups in total. The summed E-state index contributed by atoms with van der Waals surface area (Å²) in [6.07, 6.45) is 5.67. The Morgan fingerprint density at radius 1 is 1.64 bits per heavy atom. The average molecular weight is 192 g/mol. The topological polar surface area (TPSA) is 50.4 Å². The molecule has 1 aliphatic rings. The maximum atomic E-state index is 10.4. The van der Waals surface area contributed by atoms with Crippen LogP contribution < -0.4 is 0 Å². The predicted octanol–water partition coefficient (Wildman–Crippen LogP) is 2.56. The van der Waals surface area contributed by atoms with Crippen molar-refractivity contribution in [2.45, 2.75) is 25.2 Å². The van der Waals surface area contributed by atoms with Crippen LogP contribution in [0.4, 0.5) is 0 Å². The first-order chi connectivity index (χ1) is 6.75. The van der Waals surface area contributed by atoms with Crippen molar-refractivity contribution >= 4 is 5.97 Å². The number of hydrogen-bond donors (Lipinski definition) is 1. The fraction of sp³-hybridized carbons (Fsp3) is 0.364. The van der Waals surface area contributed by atoms with Crippen LogP contribution in [-0.4, -0.2) is 11.1 Å². The van der Waals surface area contributed by atoms with Gasteiger partial charge in [-0.25, -0.2) is 4.79 Å². The normalized spacial score (nSPS) is 24.3. The van der Waals surface area contributed by atoms with Gasteiger partial charge in [0.1, 0.15) is 5.76 Å². The van der Waals surface area contributed by atoms with Gasteiger partial charge in [0.25, 0.3) is 0 Å². The molecule has 2 rings (SSSR count). The molecule has 1 unspecified atom stereocenters. The largest absolute Gasteiger partial charge is 0.478 e. The zero-order chi connectivity index (χ0) is 9.97. The molecule has 1 aromatic rings. The molecule has 1 fully saturated rings. The summed E-state index contributed by atoms with van der Waals surface area (Å²) in [7, 11) is 0. The number of carbonyl (C=O) groups is 1. The van der Waals surface area contributed by atoms with Gasteiger partial charge in [0.2, 0.25) is 0 Å². The molecule has 1 heterocycles. The van der Waals surface area contributed by atoms with Crippen LogP contribution in [-0.2, 0) is 4.79 Å². The van der Waals surface area contributed by atoms with Crippen molar-refractivity contribution < 1.29 is 14.3 Å². The zero-order valence-corrected chi connectivity index (χ0v) is 7.77. The molecular formula is C11H12O3. The Balaban J connectivity index is 2.05. The number of carboxylic acids is 1. The summed E-state index contributed by atoms with van der Waals surface area (Å²) in [6, 6.07) is 3.82. The minimum Gasteiger partial charge on any atom is -0.478 e. The standard InChI is InChI=1S/C11H12O3/c12-11(13)7-8-3-4-9(6-8)10-2-1-5-14-10/h1-2,5,7,9H,3-4,6H2,(H,12,13)/b8-7-. The minimum atomic E-state index is -0.847. The number of aliphatic carboxylic acids is 1. The van der Waals surface area contributed by atoms with E-state index >= 15 is 0 Å². The van der Waals surface area contributed by atoms with Gasteiger partial charge in [0.05, 0.1) is 6.26 Å². The number of carboxylic acid groups (broad SMARTS) is 1. The first kappa shape index (κ1) is 9.06. The summed E-state index contributed by atoms with van der Waals surface area (Å²) in [4.78, 5) is 10.4. The third-order valence-corrected chi connectivity index (χ3v) is 2.60. The van der Waals surface area contributed by atoms with E-state index in [1.54, 1.807) is 6.26 Å². The van der Waals surface area contributed by atoms with Crippen molar-refractivity contribution in [1.29, 1.82) is 0 Å². The Kier molecular flexibility index (Phi) is 2.39. The fourth-order valence-electron chi connectivity index (χ4n) is 1.95. The Hall–Kier alpha value is -1.51. The molecule has 3 heteroatoms. The molecule has 0 radical (unpaired) electrons. The second kappa shape index (κ2) is 3.70. The summed E-state index contributed by atoms with van der Waals surface area (Å²) in [5.41, 5.74) is 1.01. The molecule has 0 aromatic carbocycles. The van der Waals surface area contributed by atoms with Gasteiger partial charge < -0.3 is 9.52 Å².